The predicted molar refractivity (Wildman–Crippen MR) is 113 cm³/mol. The van der Waals surface area contributed by atoms with Crippen molar-refractivity contribution in [1.29, 1.82) is 0 Å². The number of anilines is 1. The molecule has 28 heavy (non-hydrogen) atoms. The maximum atomic E-state index is 11.3. The quantitative estimate of drug-likeness (QED) is 0.521. The van der Waals surface area contributed by atoms with E-state index in [1.807, 2.05) is 12.1 Å². The van der Waals surface area contributed by atoms with Crippen molar-refractivity contribution in [2.45, 2.75) is 0 Å². The molecule has 0 radical (unpaired) electrons. The molecule has 1 heterocycles. The molecule has 0 unspecified atom stereocenters. The van der Waals surface area contributed by atoms with Gasteiger partial charge < -0.3 is 20.2 Å². The third-order valence-electron chi connectivity index (χ3n) is 3.52. The van der Waals surface area contributed by atoms with Crippen LogP contribution >= 0.6 is 23.8 Å². The number of hydrogen-bond donors (Lipinski definition) is 3. The Morgan fingerprint density at radius 3 is 2.43 bits per heavy atom. The molecular weight excluding hydrogens is 400 g/mol. The summed E-state index contributed by atoms with van der Waals surface area (Å²) in [6.07, 6.45) is 0. The molecule has 0 aliphatic carbocycles. The lowest BCUT2D eigenvalue weighted by atomic mass is 10.2. The average Bonchev–Trinajstić information content (AvgIpc) is 3.19. The predicted octanol–water partition coefficient (Wildman–Crippen LogP) is 4.71. The molecule has 6 nitrogen and oxygen atoms in total. The molecule has 8 heteroatoms. The van der Waals surface area contributed by atoms with E-state index in [-0.39, 0.29) is 11.5 Å². The van der Waals surface area contributed by atoms with Gasteiger partial charge in [0.25, 0.3) is 5.91 Å². The Kier molecular flexibility index (Phi) is 7.74. The number of amides is 1. The Morgan fingerprint density at radius 2 is 1.82 bits per heavy atom. The highest BCUT2D eigenvalue weighted by molar-refractivity contribution is 7.79. The van der Waals surface area contributed by atoms with Crippen molar-refractivity contribution in [3.8, 4) is 11.3 Å². The van der Waals surface area contributed by atoms with E-state index in [1.165, 1.54) is 17.6 Å². The summed E-state index contributed by atoms with van der Waals surface area (Å²) in [6, 6.07) is 17.1. The Morgan fingerprint density at radius 1 is 1.11 bits per heavy atom. The molecule has 0 atom stereocenters. The molecule has 0 spiro atoms. The number of halogens is 1. The van der Waals surface area contributed by atoms with E-state index in [1.54, 1.807) is 43.4 Å². The fourth-order valence-electron chi connectivity index (χ4n) is 2.16. The molecule has 0 aliphatic rings. The number of nitrogens with one attached hydrogen (secondary N) is 2. The normalized spacial score (nSPS) is 9.64. The third kappa shape index (κ3) is 5.94. The van der Waals surface area contributed by atoms with Gasteiger partial charge in [-0.05, 0) is 54.6 Å². The van der Waals surface area contributed by atoms with Crippen molar-refractivity contribution in [2.75, 3.05) is 12.4 Å². The van der Waals surface area contributed by atoms with Gasteiger partial charge in [0.15, 0.2) is 5.76 Å². The molecule has 0 saturated carbocycles. The monoisotopic (exact) mass is 416 g/mol. The van der Waals surface area contributed by atoms with Crippen LogP contribution in [0.1, 0.15) is 20.9 Å². The van der Waals surface area contributed by atoms with E-state index >= 15 is 0 Å². The highest BCUT2D eigenvalue weighted by atomic mass is 35.5. The van der Waals surface area contributed by atoms with Gasteiger partial charge in [-0.2, -0.15) is 0 Å². The second kappa shape index (κ2) is 10.2. The highest BCUT2D eigenvalue weighted by Crippen LogP contribution is 2.23. The van der Waals surface area contributed by atoms with Crippen LogP contribution in [0.15, 0.2) is 65.1 Å². The second-order valence-corrected chi connectivity index (χ2v) is 6.07. The van der Waals surface area contributed by atoms with Crippen molar-refractivity contribution >= 4 is 46.9 Å². The van der Waals surface area contributed by atoms with Crippen molar-refractivity contribution < 1.29 is 19.1 Å². The van der Waals surface area contributed by atoms with Gasteiger partial charge in [0.05, 0.1) is 11.1 Å². The lowest BCUT2D eigenvalue weighted by molar-refractivity contribution is 0.0696. The first kappa shape index (κ1) is 21.1. The number of carbonyl (C=O) groups is 2. The first-order valence-corrected chi connectivity index (χ1v) is 8.91. The van der Waals surface area contributed by atoms with Crippen LogP contribution < -0.4 is 10.6 Å². The van der Waals surface area contributed by atoms with Crippen LogP contribution in [0.3, 0.4) is 0 Å². The van der Waals surface area contributed by atoms with E-state index in [4.69, 9.17) is 21.1 Å². The minimum atomic E-state index is -0.942. The lowest BCUT2D eigenvalue weighted by Crippen LogP contribution is -2.16. The molecule has 2 aromatic carbocycles. The van der Waals surface area contributed by atoms with Crippen LogP contribution in [-0.2, 0) is 0 Å². The summed E-state index contributed by atoms with van der Waals surface area (Å²) in [5, 5.41) is 14.5. The van der Waals surface area contributed by atoms with Crippen LogP contribution in [-0.4, -0.2) is 29.5 Å². The molecule has 1 aromatic heterocycles. The van der Waals surface area contributed by atoms with E-state index in [2.05, 4.69) is 22.9 Å². The number of furan rings is 1. The largest absolute Gasteiger partial charge is 0.478 e. The molecule has 0 bridgehead atoms. The van der Waals surface area contributed by atoms with Crippen LogP contribution in [0.4, 0.5) is 5.69 Å². The van der Waals surface area contributed by atoms with Gasteiger partial charge in [0.2, 0.25) is 0 Å². The Hall–Kier alpha value is -3.16. The second-order valence-electron chi connectivity index (χ2n) is 5.40. The summed E-state index contributed by atoms with van der Waals surface area (Å²) in [7, 11) is 1.56. The number of thiocarbonyl (C=S) groups is 1. The summed E-state index contributed by atoms with van der Waals surface area (Å²) in [5.74, 6) is -0.231. The SMILES string of the molecule is CNC(=O)c1ccc(-c2ccc(Cl)cc2)o1.O=C(O)c1cccc(NC=S)c1. The number of rotatable bonds is 5. The molecule has 144 valence electrons. The lowest BCUT2D eigenvalue weighted by Gasteiger charge is -1.99. The molecule has 0 aliphatic heterocycles. The smallest absolute Gasteiger partial charge is 0.335 e. The van der Waals surface area contributed by atoms with Crippen molar-refractivity contribution in [1.82, 2.24) is 5.32 Å². The standard InChI is InChI=1S/C12H10ClNO2.C8H7NO2S/c1-14-12(15)11-7-6-10(16-11)8-2-4-9(13)5-3-8;10-8(11)6-2-1-3-7(4-6)9-5-12/h2-7H,1H3,(H,14,15);1-5H,(H,9,12)(H,10,11). The molecule has 1 amide bonds. The summed E-state index contributed by atoms with van der Waals surface area (Å²) in [4.78, 5) is 21.8. The van der Waals surface area contributed by atoms with E-state index in [0.717, 1.165) is 5.56 Å². The summed E-state index contributed by atoms with van der Waals surface area (Å²) in [5.41, 5.74) is 3.15. The molecule has 3 N–H and O–H groups in total. The number of carboxylic acids is 1. The first-order chi connectivity index (χ1) is 13.4. The maximum Gasteiger partial charge on any atom is 0.335 e. The number of benzene rings is 2. The third-order valence-corrected chi connectivity index (χ3v) is 3.89. The summed E-state index contributed by atoms with van der Waals surface area (Å²) < 4.78 is 5.41. The topological polar surface area (TPSA) is 91.6 Å². The van der Waals surface area contributed by atoms with Crippen LogP contribution in [0, 0.1) is 0 Å². The fourth-order valence-corrected chi connectivity index (χ4v) is 2.42. The zero-order valence-electron chi connectivity index (χ0n) is 14.8. The summed E-state index contributed by atoms with van der Waals surface area (Å²) in [6.45, 7) is 0. The molecule has 3 rings (SSSR count). The maximum absolute atomic E-state index is 11.3. The number of hydrogen-bond acceptors (Lipinski definition) is 4. The van der Waals surface area contributed by atoms with Crippen LogP contribution in [0.5, 0.6) is 0 Å². The van der Waals surface area contributed by atoms with E-state index < -0.39 is 5.97 Å². The molecule has 3 aromatic rings. The van der Waals surface area contributed by atoms with Crippen molar-refractivity contribution in [2.24, 2.45) is 0 Å². The molecular formula is C20H17ClN2O4S. The number of carbonyl (C=O) groups excluding carboxylic acids is 1. The molecule has 0 saturated heterocycles. The van der Waals surface area contributed by atoms with Gasteiger partial charge in [0, 0.05) is 23.3 Å². The van der Waals surface area contributed by atoms with E-state index in [0.29, 0.717) is 22.2 Å². The zero-order valence-corrected chi connectivity index (χ0v) is 16.4. The minimum Gasteiger partial charge on any atom is -0.478 e. The minimum absolute atomic E-state index is 0.236. The zero-order chi connectivity index (χ0) is 20.5. The van der Waals surface area contributed by atoms with Gasteiger partial charge in [-0.1, -0.05) is 29.9 Å². The Bertz CT molecular complexity index is 970. The Balaban J connectivity index is 0.000000209. The van der Waals surface area contributed by atoms with Gasteiger partial charge >= 0.3 is 5.97 Å². The number of carboxylic acid groups (broad SMARTS) is 1. The van der Waals surface area contributed by atoms with Crippen molar-refractivity contribution in [3.63, 3.8) is 0 Å². The highest BCUT2D eigenvalue weighted by Gasteiger charge is 2.10. The van der Waals surface area contributed by atoms with Gasteiger partial charge in [0.1, 0.15) is 5.76 Å². The fraction of sp³-hybridized carbons (Fsp3) is 0.0500. The summed E-state index contributed by atoms with van der Waals surface area (Å²) >= 11 is 10.3. The van der Waals surface area contributed by atoms with Gasteiger partial charge in [-0.25, -0.2) is 4.79 Å². The van der Waals surface area contributed by atoms with Gasteiger partial charge in [-0.15, -0.1) is 0 Å². The van der Waals surface area contributed by atoms with E-state index in [9.17, 15) is 9.59 Å². The van der Waals surface area contributed by atoms with Crippen molar-refractivity contribution in [3.05, 3.63) is 77.0 Å². The van der Waals surface area contributed by atoms with Crippen LogP contribution in [0.2, 0.25) is 5.02 Å². The average molecular weight is 417 g/mol. The Labute approximate surface area is 172 Å². The number of aromatic carboxylic acids is 1. The van der Waals surface area contributed by atoms with Gasteiger partial charge in [-0.3, -0.25) is 4.79 Å². The first-order valence-electron chi connectivity index (χ1n) is 8.06. The van der Waals surface area contributed by atoms with Crippen LogP contribution in [0.25, 0.3) is 11.3 Å². The molecule has 0 fully saturated rings.